The van der Waals surface area contributed by atoms with Crippen LogP contribution in [0.15, 0.2) is 11.6 Å². The minimum atomic E-state index is 1.36. The third kappa shape index (κ3) is 1.89. The van der Waals surface area contributed by atoms with E-state index >= 15 is 0 Å². The van der Waals surface area contributed by atoms with Crippen molar-refractivity contribution in [3.05, 3.63) is 11.6 Å². The molecule has 0 rings (SSSR count). The van der Waals surface area contributed by atoms with E-state index in [4.69, 9.17) is 5.73 Å². The maximum atomic E-state index is 4.77. The number of thiol groups is 1. The van der Waals surface area contributed by atoms with Crippen LogP contribution in [0.1, 0.15) is 0 Å². The van der Waals surface area contributed by atoms with Gasteiger partial charge in [0.2, 0.25) is 0 Å². The molecule has 0 aliphatic rings. The Morgan fingerprint density at radius 1 is 1.75 bits per heavy atom. The lowest BCUT2D eigenvalue weighted by Crippen LogP contribution is -1.69. The first-order valence-corrected chi connectivity index (χ1v) is 1.44. The van der Waals surface area contributed by atoms with Gasteiger partial charge in [0, 0.05) is 0 Å². The zero-order valence-corrected chi connectivity index (χ0v) is 3.07. The van der Waals surface area contributed by atoms with Gasteiger partial charge in [-0.2, -0.15) is 0 Å². The predicted molar refractivity (Wildman–Crippen MR) is 22.3 cm³/mol. The first-order chi connectivity index (χ1) is 1.91. The van der Waals surface area contributed by atoms with Gasteiger partial charge in [-0.15, -0.1) is 12.6 Å². The summed E-state index contributed by atoms with van der Waals surface area (Å²) in [5.74, 6) is 0. The maximum absolute atomic E-state index is 4.77. The van der Waals surface area contributed by atoms with Gasteiger partial charge in [0.05, 0.1) is 0 Å². The minimum absolute atomic E-state index is 1.36. The van der Waals surface area contributed by atoms with Crippen molar-refractivity contribution in [3.63, 3.8) is 0 Å². The molecule has 0 atom stereocenters. The standard InChI is InChI=1S/C2H5NS/c3-1-2-4/h1-2,4H,3H2. The van der Waals surface area contributed by atoms with Gasteiger partial charge in [0.1, 0.15) is 0 Å². The normalized spacial score (nSPS) is 9.25. The first-order valence-electron chi connectivity index (χ1n) is 0.925. The second kappa shape index (κ2) is 2.89. The quantitative estimate of drug-likeness (QED) is 0.399. The van der Waals surface area contributed by atoms with Crippen LogP contribution >= 0.6 is 12.6 Å². The zero-order chi connectivity index (χ0) is 3.41. The second-order valence-corrected chi connectivity index (χ2v) is 0.640. The summed E-state index contributed by atoms with van der Waals surface area (Å²) < 4.78 is 0. The van der Waals surface area contributed by atoms with Crippen LogP contribution in [-0.2, 0) is 0 Å². The number of hydrogen-bond acceptors (Lipinski definition) is 2. The van der Waals surface area contributed by atoms with Crippen LogP contribution in [0.4, 0.5) is 0 Å². The molecule has 0 heterocycles. The molecule has 0 aromatic carbocycles. The van der Waals surface area contributed by atoms with E-state index in [1.54, 1.807) is 0 Å². The summed E-state index contributed by atoms with van der Waals surface area (Å²) in [7, 11) is 0. The van der Waals surface area contributed by atoms with Gasteiger partial charge in [-0.25, -0.2) is 0 Å². The van der Waals surface area contributed by atoms with Gasteiger partial charge >= 0.3 is 0 Å². The molecule has 0 spiro atoms. The smallest absolute Gasteiger partial charge is 0.0000775 e. The lowest BCUT2D eigenvalue weighted by atomic mass is 11.1. The Morgan fingerprint density at radius 2 is 2.00 bits per heavy atom. The van der Waals surface area contributed by atoms with E-state index in [-0.39, 0.29) is 0 Å². The maximum Gasteiger partial charge on any atom is -0.0000775 e. The average molecular weight is 75.1 g/mol. The van der Waals surface area contributed by atoms with E-state index in [2.05, 4.69) is 12.6 Å². The molecule has 2 heteroatoms. The molecule has 0 radical (unpaired) electrons. The van der Waals surface area contributed by atoms with E-state index in [1.807, 2.05) is 0 Å². The van der Waals surface area contributed by atoms with Crippen molar-refractivity contribution >= 4 is 12.6 Å². The number of hydrogen-bond donors (Lipinski definition) is 2. The summed E-state index contributed by atoms with van der Waals surface area (Å²) in [6.07, 6.45) is 1.36. The van der Waals surface area contributed by atoms with Crippen LogP contribution in [0.3, 0.4) is 0 Å². The predicted octanol–water partition coefficient (Wildman–Crippen LogP) is 0.346. The lowest BCUT2D eigenvalue weighted by Gasteiger charge is -1.53. The molecule has 0 saturated heterocycles. The molecule has 0 unspecified atom stereocenters. The van der Waals surface area contributed by atoms with Gasteiger partial charge in [0.15, 0.2) is 0 Å². The summed E-state index contributed by atoms with van der Waals surface area (Å²) >= 11 is 3.61. The first kappa shape index (κ1) is 3.89. The Hall–Kier alpha value is -0.110. The molecule has 0 aromatic heterocycles. The van der Waals surface area contributed by atoms with Crippen molar-refractivity contribution in [2.75, 3.05) is 0 Å². The fourth-order valence-electron chi connectivity index (χ4n) is 0. The SMILES string of the molecule is NC=CS. The van der Waals surface area contributed by atoms with Gasteiger partial charge in [-0.1, -0.05) is 0 Å². The van der Waals surface area contributed by atoms with Gasteiger partial charge in [-0.3, -0.25) is 0 Å². The van der Waals surface area contributed by atoms with Crippen LogP contribution < -0.4 is 5.73 Å². The summed E-state index contributed by atoms with van der Waals surface area (Å²) in [5, 5.41) is 1.47. The molecule has 2 N–H and O–H groups in total. The van der Waals surface area contributed by atoms with Gasteiger partial charge in [-0.05, 0) is 11.6 Å². The van der Waals surface area contributed by atoms with Crippen LogP contribution in [0, 0.1) is 0 Å². The molecule has 0 aliphatic heterocycles. The Balaban J connectivity index is 2.55. The molecule has 0 aromatic rings. The van der Waals surface area contributed by atoms with Crippen LogP contribution in [-0.4, -0.2) is 0 Å². The van der Waals surface area contributed by atoms with E-state index in [0.717, 1.165) is 0 Å². The molecule has 0 amide bonds. The molecule has 1 nitrogen and oxygen atoms in total. The van der Waals surface area contributed by atoms with Crippen LogP contribution in [0.5, 0.6) is 0 Å². The molecular formula is C2H5NS. The number of rotatable bonds is 0. The van der Waals surface area contributed by atoms with Gasteiger partial charge < -0.3 is 5.73 Å². The Kier molecular flexibility index (Phi) is 2.81. The molecular weight excluding hydrogens is 70.1 g/mol. The lowest BCUT2D eigenvalue weighted by molar-refractivity contribution is 1.63. The van der Waals surface area contributed by atoms with Crippen molar-refractivity contribution in [1.29, 1.82) is 0 Å². The fraction of sp³-hybridized carbons (Fsp3) is 0. The third-order valence-electron chi connectivity index (χ3n) is 0.0861. The van der Waals surface area contributed by atoms with Crippen molar-refractivity contribution in [1.82, 2.24) is 0 Å². The zero-order valence-electron chi connectivity index (χ0n) is 2.18. The topological polar surface area (TPSA) is 26.0 Å². The highest BCUT2D eigenvalue weighted by Crippen LogP contribution is 1.63. The molecule has 0 aliphatic carbocycles. The highest BCUT2D eigenvalue weighted by Gasteiger charge is 1.33. The Labute approximate surface area is 30.9 Å². The molecule has 0 saturated carbocycles. The van der Waals surface area contributed by atoms with Crippen molar-refractivity contribution < 1.29 is 0 Å². The van der Waals surface area contributed by atoms with Gasteiger partial charge in [0.25, 0.3) is 0 Å². The third-order valence-corrected chi connectivity index (χ3v) is 0.258. The summed E-state index contributed by atoms with van der Waals surface area (Å²) in [5.41, 5.74) is 4.77. The van der Waals surface area contributed by atoms with Crippen LogP contribution in [0.25, 0.3) is 0 Å². The molecule has 0 bridgehead atoms. The van der Waals surface area contributed by atoms with Crippen molar-refractivity contribution in [3.8, 4) is 0 Å². The van der Waals surface area contributed by atoms with E-state index in [0.29, 0.717) is 0 Å². The average Bonchev–Trinajstić information content (AvgIpc) is 1.37. The second-order valence-electron chi connectivity index (χ2n) is 0.342. The van der Waals surface area contributed by atoms with Crippen molar-refractivity contribution in [2.24, 2.45) is 5.73 Å². The van der Waals surface area contributed by atoms with E-state index < -0.39 is 0 Å². The molecule has 4 heavy (non-hydrogen) atoms. The van der Waals surface area contributed by atoms with E-state index in [9.17, 15) is 0 Å². The number of nitrogens with two attached hydrogens (primary N) is 1. The Bertz CT molecular complexity index is 21.2. The summed E-state index contributed by atoms with van der Waals surface area (Å²) in [4.78, 5) is 0. The monoisotopic (exact) mass is 75.0 g/mol. The Morgan fingerprint density at radius 3 is 2.00 bits per heavy atom. The van der Waals surface area contributed by atoms with Crippen molar-refractivity contribution in [2.45, 2.75) is 0 Å². The summed E-state index contributed by atoms with van der Waals surface area (Å²) in [6, 6.07) is 0. The highest BCUT2D eigenvalue weighted by atomic mass is 32.1. The minimum Gasteiger partial charge on any atom is -0.404 e. The highest BCUT2D eigenvalue weighted by molar-refractivity contribution is 7.83. The van der Waals surface area contributed by atoms with Crippen LogP contribution in [0.2, 0.25) is 0 Å². The molecule has 0 fully saturated rings. The summed E-state index contributed by atoms with van der Waals surface area (Å²) in [6.45, 7) is 0. The fourth-order valence-corrected chi connectivity index (χ4v) is 0. The largest absolute Gasteiger partial charge is 0.404 e. The molecule has 24 valence electrons. The van der Waals surface area contributed by atoms with E-state index in [1.165, 1.54) is 11.6 Å².